The van der Waals surface area contributed by atoms with Crippen LogP contribution >= 0.6 is 15.9 Å². The summed E-state index contributed by atoms with van der Waals surface area (Å²) in [7, 11) is -3.13. The van der Waals surface area contributed by atoms with E-state index >= 15 is 0 Å². The number of halogens is 1. The molecule has 0 aromatic carbocycles. The topological polar surface area (TPSA) is 66.1 Å². The lowest BCUT2D eigenvalue weighted by atomic mass is 9.96. The number of alkyl halides is 1. The Bertz CT molecular complexity index is 432. The van der Waals surface area contributed by atoms with E-state index in [0.717, 1.165) is 18.5 Å². The van der Waals surface area contributed by atoms with Crippen molar-refractivity contribution in [1.82, 2.24) is 14.5 Å². The van der Waals surface area contributed by atoms with Crippen LogP contribution in [0.25, 0.3) is 0 Å². The van der Waals surface area contributed by atoms with Crippen molar-refractivity contribution in [2.75, 3.05) is 17.8 Å². The number of H-pyrrole nitrogens is 1. The van der Waals surface area contributed by atoms with E-state index in [1.54, 1.807) is 10.5 Å². The van der Waals surface area contributed by atoms with Gasteiger partial charge in [-0.25, -0.2) is 12.7 Å². The van der Waals surface area contributed by atoms with Crippen LogP contribution in [0.5, 0.6) is 0 Å². The lowest BCUT2D eigenvalue weighted by Gasteiger charge is -2.30. The lowest BCUT2D eigenvalue weighted by Crippen LogP contribution is -2.39. The fourth-order valence-electron chi connectivity index (χ4n) is 2.01. The van der Waals surface area contributed by atoms with Crippen LogP contribution in [0, 0.1) is 0 Å². The van der Waals surface area contributed by atoms with Crippen molar-refractivity contribution in [3.63, 3.8) is 0 Å². The molecule has 0 saturated carbocycles. The molecule has 1 N–H and O–H groups in total. The van der Waals surface area contributed by atoms with E-state index < -0.39 is 10.0 Å². The molecule has 0 spiro atoms. The number of nitrogens with one attached hydrogen (secondary N) is 1. The van der Waals surface area contributed by atoms with Crippen molar-refractivity contribution < 1.29 is 8.42 Å². The van der Waals surface area contributed by atoms with Crippen molar-refractivity contribution >= 4 is 26.0 Å². The van der Waals surface area contributed by atoms with Gasteiger partial charge < -0.3 is 0 Å². The first-order chi connectivity index (χ1) is 7.63. The minimum absolute atomic E-state index is 0.00427. The van der Waals surface area contributed by atoms with Crippen LogP contribution in [-0.2, 0) is 10.0 Å². The maximum Gasteiger partial charge on any atom is 0.224 e. The van der Waals surface area contributed by atoms with Gasteiger partial charge in [0, 0.05) is 30.9 Å². The molecule has 1 aromatic heterocycles. The van der Waals surface area contributed by atoms with Gasteiger partial charge in [0.05, 0.1) is 0 Å². The molecule has 1 aliphatic rings. The second-order valence-corrected chi connectivity index (χ2v) is 7.20. The first-order valence-electron chi connectivity index (χ1n) is 5.16. The van der Waals surface area contributed by atoms with E-state index in [-0.39, 0.29) is 10.6 Å². The molecular weight excluding hydrogens is 294 g/mol. The summed E-state index contributed by atoms with van der Waals surface area (Å²) < 4.78 is 25.0. The summed E-state index contributed by atoms with van der Waals surface area (Å²) in [5, 5.41) is 6.82. The normalized spacial score (nSPS) is 23.4. The highest BCUT2D eigenvalue weighted by Gasteiger charge is 2.29. The van der Waals surface area contributed by atoms with E-state index in [0.29, 0.717) is 13.1 Å². The summed E-state index contributed by atoms with van der Waals surface area (Å²) in [6.45, 7) is 1.18. The highest BCUT2D eigenvalue weighted by atomic mass is 79.9. The monoisotopic (exact) mass is 307 g/mol. The van der Waals surface area contributed by atoms with E-state index in [2.05, 4.69) is 26.1 Å². The first-order valence-corrected chi connectivity index (χ1v) is 7.89. The second kappa shape index (κ2) is 4.85. The molecule has 0 aliphatic carbocycles. The summed E-state index contributed by atoms with van der Waals surface area (Å²) in [6, 6.07) is 1.91. The summed E-state index contributed by atoms with van der Waals surface area (Å²) in [5.41, 5.74) is 1.02. The number of aromatic nitrogens is 2. The zero-order valence-corrected chi connectivity index (χ0v) is 11.2. The molecule has 1 saturated heterocycles. The molecule has 7 heteroatoms. The van der Waals surface area contributed by atoms with Gasteiger partial charge in [0.2, 0.25) is 10.0 Å². The van der Waals surface area contributed by atoms with Crippen LogP contribution in [0.2, 0.25) is 0 Å². The molecule has 0 bridgehead atoms. The number of aromatic amines is 1. The Balaban J connectivity index is 2.11. The van der Waals surface area contributed by atoms with Gasteiger partial charge in [0.25, 0.3) is 0 Å². The minimum atomic E-state index is -3.13. The Morgan fingerprint density at radius 1 is 1.62 bits per heavy atom. The largest absolute Gasteiger partial charge is 0.282 e. The summed E-state index contributed by atoms with van der Waals surface area (Å²) in [4.78, 5) is 0. The van der Waals surface area contributed by atoms with Crippen LogP contribution in [-0.4, -0.2) is 40.7 Å². The standard InChI is InChI=1S/C9H14BrN3O2S/c10-7-16(14,15)13-5-1-2-8(6-13)9-3-4-11-12-9/h3-4,8H,1-2,5-7H2,(H,11,12). The van der Waals surface area contributed by atoms with Crippen molar-refractivity contribution in [2.45, 2.75) is 18.8 Å². The van der Waals surface area contributed by atoms with Crippen LogP contribution in [0.3, 0.4) is 0 Å². The van der Waals surface area contributed by atoms with Gasteiger partial charge in [-0.3, -0.25) is 5.10 Å². The molecule has 16 heavy (non-hydrogen) atoms. The van der Waals surface area contributed by atoms with E-state index in [4.69, 9.17) is 0 Å². The van der Waals surface area contributed by atoms with Crippen molar-refractivity contribution in [1.29, 1.82) is 0 Å². The molecule has 1 aromatic rings. The third-order valence-electron chi connectivity index (χ3n) is 2.88. The fraction of sp³-hybridized carbons (Fsp3) is 0.667. The molecule has 1 unspecified atom stereocenters. The molecule has 1 atom stereocenters. The maximum atomic E-state index is 11.7. The van der Waals surface area contributed by atoms with E-state index in [1.807, 2.05) is 6.07 Å². The second-order valence-electron chi connectivity index (χ2n) is 3.93. The van der Waals surface area contributed by atoms with Gasteiger partial charge in [0.15, 0.2) is 0 Å². The van der Waals surface area contributed by atoms with E-state index in [1.165, 1.54) is 0 Å². The molecule has 2 heterocycles. The maximum absolute atomic E-state index is 11.7. The van der Waals surface area contributed by atoms with Crippen LogP contribution in [0.1, 0.15) is 24.5 Å². The third kappa shape index (κ3) is 2.46. The van der Waals surface area contributed by atoms with Gasteiger partial charge in [-0.2, -0.15) is 5.10 Å². The predicted octanol–water partition coefficient (Wildman–Crippen LogP) is 1.27. The molecule has 0 radical (unpaired) electrons. The van der Waals surface area contributed by atoms with Crippen LogP contribution < -0.4 is 0 Å². The number of rotatable bonds is 3. The van der Waals surface area contributed by atoms with Gasteiger partial charge >= 0.3 is 0 Å². The Morgan fingerprint density at radius 2 is 2.44 bits per heavy atom. The molecule has 90 valence electrons. The van der Waals surface area contributed by atoms with Crippen molar-refractivity contribution in [3.05, 3.63) is 18.0 Å². The van der Waals surface area contributed by atoms with Gasteiger partial charge in [-0.05, 0) is 18.9 Å². The van der Waals surface area contributed by atoms with Crippen molar-refractivity contribution in [3.8, 4) is 0 Å². The Kier molecular flexibility index (Phi) is 3.66. The number of hydrogen-bond acceptors (Lipinski definition) is 3. The number of sulfonamides is 1. The van der Waals surface area contributed by atoms with Gasteiger partial charge in [-0.1, -0.05) is 15.9 Å². The third-order valence-corrected chi connectivity index (χ3v) is 6.01. The Labute approximate surface area is 103 Å². The molecule has 1 aliphatic heterocycles. The molecular formula is C9H14BrN3O2S. The van der Waals surface area contributed by atoms with Gasteiger partial charge in [-0.15, -0.1) is 0 Å². The number of hydrogen-bond donors (Lipinski definition) is 1. The SMILES string of the molecule is O=S(=O)(CBr)N1CCCC(c2ccn[nH]2)C1. The zero-order chi connectivity index (χ0) is 11.6. The molecule has 1 fully saturated rings. The average Bonchev–Trinajstić information content (AvgIpc) is 2.83. The number of piperidine rings is 1. The summed E-state index contributed by atoms with van der Waals surface area (Å²) in [5.74, 6) is 0.241. The summed E-state index contributed by atoms with van der Waals surface area (Å²) >= 11 is 3.03. The highest BCUT2D eigenvalue weighted by Crippen LogP contribution is 2.27. The lowest BCUT2D eigenvalue weighted by molar-refractivity contribution is 0.314. The van der Waals surface area contributed by atoms with Crippen LogP contribution in [0.4, 0.5) is 0 Å². The fourth-order valence-corrected chi connectivity index (χ4v) is 3.83. The minimum Gasteiger partial charge on any atom is -0.282 e. The first kappa shape index (κ1) is 12.1. The predicted molar refractivity (Wildman–Crippen MR) is 64.8 cm³/mol. The van der Waals surface area contributed by atoms with Gasteiger partial charge in [0.1, 0.15) is 4.66 Å². The highest BCUT2D eigenvalue weighted by molar-refractivity contribution is 9.10. The molecule has 0 amide bonds. The van der Waals surface area contributed by atoms with Crippen molar-refractivity contribution in [2.24, 2.45) is 0 Å². The average molecular weight is 308 g/mol. The smallest absolute Gasteiger partial charge is 0.224 e. The molecule has 5 nitrogen and oxygen atoms in total. The Hall–Kier alpha value is -0.400. The van der Waals surface area contributed by atoms with E-state index in [9.17, 15) is 8.42 Å². The quantitative estimate of drug-likeness (QED) is 0.855. The zero-order valence-electron chi connectivity index (χ0n) is 8.76. The van der Waals surface area contributed by atoms with Crippen LogP contribution in [0.15, 0.2) is 12.3 Å². The number of nitrogens with zero attached hydrogens (tertiary/aromatic N) is 2. The Morgan fingerprint density at radius 3 is 3.06 bits per heavy atom. The molecule has 2 rings (SSSR count). The summed E-state index contributed by atoms with van der Waals surface area (Å²) in [6.07, 6.45) is 3.61.